The van der Waals surface area contributed by atoms with Crippen molar-refractivity contribution < 1.29 is 20.1 Å². The van der Waals surface area contributed by atoms with Crippen molar-refractivity contribution in [1.29, 1.82) is 0 Å². The van der Waals surface area contributed by atoms with Gasteiger partial charge in [0.1, 0.15) is 0 Å². The van der Waals surface area contributed by atoms with Gasteiger partial charge in [0.2, 0.25) is 5.95 Å². The van der Waals surface area contributed by atoms with Crippen molar-refractivity contribution >= 4 is 11.9 Å². The standard InChI is InChI=1S/C8H11N3O4/c12-3-5(4-13)10-8-9-2-1-6(11-8)7(14)15/h1-2,5,12-13H,3-4H2,(H,14,15)(H,9,10,11). The number of anilines is 1. The summed E-state index contributed by atoms with van der Waals surface area (Å²) < 4.78 is 0. The second-order valence-electron chi connectivity index (χ2n) is 2.78. The molecule has 0 fully saturated rings. The van der Waals surface area contributed by atoms with Crippen LogP contribution < -0.4 is 5.32 Å². The quantitative estimate of drug-likeness (QED) is 0.492. The highest BCUT2D eigenvalue weighted by Gasteiger charge is 2.09. The molecule has 0 aliphatic carbocycles. The molecule has 7 nitrogen and oxygen atoms in total. The molecule has 0 amide bonds. The van der Waals surface area contributed by atoms with Crippen molar-refractivity contribution in [2.45, 2.75) is 6.04 Å². The number of aliphatic hydroxyl groups excluding tert-OH is 2. The lowest BCUT2D eigenvalue weighted by Gasteiger charge is -2.12. The van der Waals surface area contributed by atoms with Crippen LogP contribution in [-0.2, 0) is 0 Å². The number of hydrogen-bond donors (Lipinski definition) is 4. The van der Waals surface area contributed by atoms with E-state index >= 15 is 0 Å². The molecule has 0 atom stereocenters. The third-order valence-corrected chi connectivity index (χ3v) is 1.65. The van der Waals surface area contributed by atoms with Gasteiger partial charge < -0.3 is 20.6 Å². The van der Waals surface area contributed by atoms with Gasteiger partial charge in [-0.3, -0.25) is 0 Å². The van der Waals surface area contributed by atoms with Crippen LogP contribution in [0.5, 0.6) is 0 Å². The zero-order valence-corrected chi connectivity index (χ0v) is 7.79. The Labute approximate surface area is 85.4 Å². The Kier molecular flexibility index (Phi) is 3.95. The van der Waals surface area contributed by atoms with Crippen molar-refractivity contribution in [2.75, 3.05) is 18.5 Å². The molecule has 0 spiro atoms. The molecule has 1 aromatic rings. The minimum Gasteiger partial charge on any atom is -0.477 e. The molecule has 0 aliphatic heterocycles. The van der Waals surface area contributed by atoms with Crippen LogP contribution in [0, 0.1) is 0 Å². The van der Waals surface area contributed by atoms with Crippen molar-refractivity contribution in [1.82, 2.24) is 9.97 Å². The predicted octanol–water partition coefficient (Wildman–Crippen LogP) is -1.06. The second-order valence-corrected chi connectivity index (χ2v) is 2.78. The van der Waals surface area contributed by atoms with E-state index in [-0.39, 0.29) is 24.9 Å². The highest BCUT2D eigenvalue weighted by molar-refractivity contribution is 5.85. The van der Waals surface area contributed by atoms with Gasteiger partial charge in [-0.1, -0.05) is 0 Å². The van der Waals surface area contributed by atoms with Crippen LogP contribution in [0.3, 0.4) is 0 Å². The van der Waals surface area contributed by atoms with E-state index in [9.17, 15) is 4.79 Å². The van der Waals surface area contributed by atoms with Gasteiger partial charge in [0.25, 0.3) is 0 Å². The fraction of sp³-hybridized carbons (Fsp3) is 0.375. The number of carboxylic acid groups (broad SMARTS) is 1. The fourth-order valence-electron chi connectivity index (χ4n) is 0.879. The lowest BCUT2D eigenvalue weighted by atomic mass is 10.3. The molecule has 0 aliphatic rings. The highest BCUT2D eigenvalue weighted by atomic mass is 16.4. The maximum absolute atomic E-state index is 10.6. The van der Waals surface area contributed by atoms with Crippen LogP contribution in [0.2, 0.25) is 0 Å². The number of nitrogens with one attached hydrogen (secondary N) is 1. The number of carbonyl (C=O) groups is 1. The van der Waals surface area contributed by atoms with Crippen LogP contribution in [0.25, 0.3) is 0 Å². The van der Waals surface area contributed by atoms with Gasteiger partial charge in [0.15, 0.2) is 5.69 Å². The molecule has 1 heterocycles. The third-order valence-electron chi connectivity index (χ3n) is 1.65. The summed E-state index contributed by atoms with van der Waals surface area (Å²) in [4.78, 5) is 18.0. The molecule has 7 heteroatoms. The summed E-state index contributed by atoms with van der Waals surface area (Å²) in [5, 5.41) is 28.8. The summed E-state index contributed by atoms with van der Waals surface area (Å²) in [6, 6.07) is 0.648. The molecule has 82 valence electrons. The summed E-state index contributed by atoms with van der Waals surface area (Å²) in [7, 11) is 0. The molecular formula is C8H11N3O4. The van der Waals surface area contributed by atoms with Gasteiger partial charge >= 0.3 is 5.97 Å². The van der Waals surface area contributed by atoms with Gasteiger partial charge in [-0.2, -0.15) is 0 Å². The Balaban J connectivity index is 2.77. The number of nitrogens with zero attached hydrogens (tertiary/aromatic N) is 2. The van der Waals surface area contributed by atoms with Gasteiger partial charge in [-0.05, 0) is 6.07 Å². The van der Waals surface area contributed by atoms with Crippen molar-refractivity contribution in [3.8, 4) is 0 Å². The lowest BCUT2D eigenvalue weighted by molar-refractivity contribution is 0.0690. The third kappa shape index (κ3) is 3.15. The number of aliphatic hydroxyl groups is 2. The molecule has 1 aromatic heterocycles. The first-order valence-corrected chi connectivity index (χ1v) is 4.22. The number of aromatic nitrogens is 2. The average Bonchev–Trinajstić information content (AvgIpc) is 2.26. The van der Waals surface area contributed by atoms with Crippen LogP contribution in [-0.4, -0.2) is 50.5 Å². The van der Waals surface area contributed by atoms with Crippen molar-refractivity contribution in [3.05, 3.63) is 18.0 Å². The van der Waals surface area contributed by atoms with Crippen LogP contribution in [0.4, 0.5) is 5.95 Å². The monoisotopic (exact) mass is 213 g/mol. The first-order valence-electron chi connectivity index (χ1n) is 4.22. The molecule has 0 unspecified atom stereocenters. The number of hydrogen-bond acceptors (Lipinski definition) is 6. The topological polar surface area (TPSA) is 116 Å². The summed E-state index contributed by atoms with van der Waals surface area (Å²) >= 11 is 0. The minimum atomic E-state index is -1.16. The van der Waals surface area contributed by atoms with Gasteiger partial charge in [0.05, 0.1) is 19.3 Å². The second kappa shape index (κ2) is 5.23. The van der Waals surface area contributed by atoms with E-state index < -0.39 is 12.0 Å². The first kappa shape index (κ1) is 11.3. The summed E-state index contributed by atoms with van der Waals surface area (Å²) in [5.41, 5.74) is -0.151. The summed E-state index contributed by atoms with van der Waals surface area (Å²) in [5.74, 6) is -1.10. The van der Waals surface area contributed by atoms with Gasteiger partial charge in [-0.25, -0.2) is 14.8 Å². The number of carboxylic acids is 1. The Bertz CT molecular complexity index is 340. The summed E-state index contributed by atoms with van der Waals surface area (Å²) in [6.07, 6.45) is 1.28. The Morgan fingerprint density at radius 2 is 2.13 bits per heavy atom. The zero-order valence-electron chi connectivity index (χ0n) is 7.79. The Morgan fingerprint density at radius 3 is 2.67 bits per heavy atom. The Hall–Kier alpha value is -1.73. The maximum Gasteiger partial charge on any atom is 0.354 e. The van der Waals surface area contributed by atoms with Crippen LogP contribution in [0.1, 0.15) is 10.5 Å². The molecule has 0 bridgehead atoms. The van der Waals surface area contributed by atoms with Gasteiger partial charge in [-0.15, -0.1) is 0 Å². The van der Waals surface area contributed by atoms with E-state index in [4.69, 9.17) is 15.3 Å². The van der Waals surface area contributed by atoms with Crippen LogP contribution in [0.15, 0.2) is 12.3 Å². The normalized spacial score (nSPS) is 10.3. The Morgan fingerprint density at radius 1 is 1.47 bits per heavy atom. The molecule has 0 radical (unpaired) electrons. The van der Waals surface area contributed by atoms with E-state index in [0.717, 1.165) is 0 Å². The smallest absolute Gasteiger partial charge is 0.354 e. The molecule has 0 aromatic carbocycles. The number of rotatable bonds is 5. The number of aromatic carboxylic acids is 1. The lowest BCUT2D eigenvalue weighted by Crippen LogP contribution is -2.28. The van der Waals surface area contributed by atoms with E-state index in [2.05, 4.69) is 15.3 Å². The zero-order chi connectivity index (χ0) is 11.3. The van der Waals surface area contributed by atoms with Gasteiger partial charge in [0, 0.05) is 6.20 Å². The molecule has 0 saturated carbocycles. The van der Waals surface area contributed by atoms with E-state index in [0.29, 0.717) is 0 Å². The SMILES string of the molecule is O=C(O)c1ccnc(NC(CO)CO)n1. The first-order chi connectivity index (χ1) is 7.17. The predicted molar refractivity (Wildman–Crippen MR) is 50.6 cm³/mol. The average molecular weight is 213 g/mol. The van der Waals surface area contributed by atoms with E-state index in [1.807, 2.05) is 0 Å². The molecule has 4 N–H and O–H groups in total. The molecular weight excluding hydrogens is 202 g/mol. The van der Waals surface area contributed by atoms with Crippen molar-refractivity contribution in [2.24, 2.45) is 0 Å². The maximum atomic E-state index is 10.6. The minimum absolute atomic E-state index is 0.0583. The van der Waals surface area contributed by atoms with Crippen LogP contribution >= 0.6 is 0 Å². The highest BCUT2D eigenvalue weighted by Crippen LogP contribution is 2.02. The molecule has 1 rings (SSSR count). The largest absolute Gasteiger partial charge is 0.477 e. The molecule has 0 saturated heterocycles. The van der Waals surface area contributed by atoms with Crippen molar-refractivity contribution in [3.63, 3.8) is 0 Å². The fourth-order valence-corrected chi connectivity index (χ4v) is 0.879. The summed E-state index contributed by atoms with van der Waals surface area (Å²) in [6.45, 7) is -0.589. The van der Waals surface area contributed by atoms with E-state index in [1.165, 1.54) is 12.3 Å². The van der Waals surface area contributed by atoms with E-state index in [1.54, 1.807) is 0 Å². The molecule has 15 heavy (non-hydrogen) atoms.